The third-order valence-corrected chi connectivity index (χ3v) is 3.00. The van der Waals surface area contributed by atoms with Crippen LogP contribution < -0.4 is 10.1 Å². The Morgan fingerprint density at radius 3 is 2.58 bits per heavy atom. The molecule has 0 atom stereocenters. The first-order chi connectivity index (χ1) is 11.4. The number of nitrogens with zero attached hydrogens (tertiary/aromatic N) is 3. The maximum atomic E-state index is 5.33. The molecule has 5 heteroatoms. The van der Waals surface area contributed by atoms with E-state index in [0.717, 1.165) is 28.5 Å². The van der Waals surface area contributed by atoms with Crippen LogP contribution in [-0.4, -0.2) is 22.5 Å². The summed E-state index contributed by atoms with van der Waals surface area (Å²) in [6.45, 7) is 13.0. The quantitative estimate of drug-likeness (QED) is 0.522. The van der Waals surface area contributed by atoms with Crippen LogP contribution in [0.3, 0.4) is 0 Å². The highest BCUT2D eigenvalue weighted by Crippen LogP contribution is 2.24. The number of nitrogens with one attached hydrogen (secondary N) is 1. The van der Waals surface area contributed by atoms with Crippen molar-refractivity contribution in [1.82, 2.24) is 14.9 Å². The van der Waals surface area contributed by atoms with Gasteiger partial charge in [0.2, 0.25) is 0 Å². The second-order valence-electron chi connectivity index (χ2n) is 5.29. The number of aromatic nitrogens is 2. The Morgan fingerprint density at radius 2 is 2.08 bits per heavy atom. The van der Waals surface area contributed by atoms with Gasteiger partial charge >= 0.3 is 0 Å². The summed E-state index contributed by atoms with van der Waals surface area (Å²) in [5.74, 6) is 2.21. The van der Waals surface area contributed by atoms with Crippen molar-refractivity contribution in [2.75, 3.05) is 7.11 Å². The van der Waals surface area contributed by atoms with E-state index in [1.807, 2.05) is 56.8 Å². The van der Waals surface area contributed by atoms with Gasteiger partial charge in [-0.25, -0.2) is 9.98 Å². The van der Waals surface area contributed by atoms with Crippen molar-refractivity contribution in [1.29, 1.82) is 0 Å². The Morgan fingerprint density at radius 1 is 1.42 bits per heavy atom. The third kappa shape index (κ3) is 5.43. The van der Waals surface area contributed by atoms with E-state index in [4.69, 9.17) is 4.74 Å². The summed E-state index contributed by atoms with van der Waals surface area (Å²) in [5.41, 5.74) is 2.67. The van der Waals surface area contributed by atoms with Crippen LogP contribution in [0.1, 0.15) is 25.2 Å². The summed E-state index contributed by atoms with van der Waals surface area (Å²) in [6.07, 6.45) is 5.36. The predicted octanol–water partition coefficient (Wildman–Crippen LogP) is 4.13. The number of hydrogen-bond acceptors (Lipinski definition) is 3. The summed E-state index contributed by atoms with van der Waals surface area (Å²) in [5, 5.41) is 3.16. The molecule has 128 valence electrons. The van der Waals surface area contributed by atoms with E-state index in [9.17, 15) is 0 Å². The van der Waals surface area contributed by atoms with Gasteiger partial charge < -0.3 is 14.6 Å². The summed E-state index contributed by atoms with van der Waals surface area (Å²) >= 11 is 0. The van der Waals surface area contributed by atoms with Gasteiger partial charge in [0.05, 0.1) is 12.8 Å². The molecule has 0 spiro atoms. The molecule has 0 radical (unpaired) electrons. The zero-order valence-corrected chi connectivity index (χ0v) is 15.1. The van der Waals surface area contributed by atoms with E-state index in [2.05, 4.69) is 28.5 Å². The van der Waals surface area contributed by atoms with Crippen molar-refractivity contribution in [3.05, 3.63) is 66.9 Å². The normalized spacial score (nSPS) is 10.5. The molecule has 1 heterocycles. The van der Waals surface area contributed by atoms with Crippen molar-refractivity contribution in [2.45, 2.75) is 20.8 Å². The van der Waals surface area contributed by atoms with Gasteiger partial charge in [0, 0.05) is 31.2 Å². The first kappa shape index (κ1) is 19.2. The van der Waals surface area contributed by atoms with Crippen LogP contribution in [0.2, 0.25) is 0 Å². The molecule has 0 aliphatic heterocycles. The molecule has 1 aromatic heterocycles. The fourth-order valence-electron chi connectivity index (χ4n) is 1.94. The smallest absolute Gasteiger partial charge is 0.175 e. The van der Waals surface area contributed by atoms with Crippen molar-refractivity contribution in [3.8, 4) is 5.75 Å². The van der Waals surface area contributed by atoms with E-state index in [-0.39, 0.29) is 0 Å². The monoisotopic (exact) mass is 326 g/mol. The fraction of sp³-hybridized carbons (Fsp3) is 0.263. The molecule has 0 saturated heterocycles. The van der Waals surface area contributed by atoms with Crippen LogP contribution in [0.15, 0.2) is 60.5 Å². The molecule has 2 aromatic rings. The van der Waals surface area contributed by atoms with Crippen molar-refractivity contribution in [3.63, 3.8) is 0 Å². The second kappa shape index (κ2) is 9.35. The third-order valence-electron chi connectivity index (χ3n) is 3.00. The lowest BCUT2D eigenvalue weighted by Crippen LogP contribution is -2.25. The molecule has 0 aliphatic rings. The standard InChI is InChI=1S/C16H20N4O.C3H6/c1-11(2)18-15(16-17-8-9-20(16)4)19-13-7-6-12(3)14(10-13)21-5;1-3-2/h6-10H,1H2,2-5H3,(H,18,19);3H,1H2,2H3. The Bertz CT molecular complexity index is 729. The minimum atomic E-state index is 0.654. The predicted molar refractivity (Wildman–Crippen MR) is 101 cm³/mol. The van der Waals surface area contributed by atoms with Crippen molar-refractivity contribution in [2.24, 2.45) is 12.0 Å². The average molecular weight is 326 g/mol. The molecular weight excluding hydrogens is 300 g/mol. The van der Waals surface area contributed by atoms with Gasteiger partial charge in [0.15, 0.2) is 11.7 Å². The second-order valence-corrected chi connectivity index (χ2v) is 5.29. The summed E-state index contributed by atoms with van der Waals surface area (Å²) in [7, 11) is 3.58. The van der Waals surface area contributed by atoms with Crippen LogP contribution in [0.5, 0.6) is 5.75 Å². The van der Waals surface area contributed by atoms with Gasteiger partial charge in [-0.2, -0.15) is 0 Å². The molecule has 0 unspecified atom stereocenters. The molecule has 2 rings (SSSR count). The summed E-state index contributed by atoms with van der Waals surface area (Å²) < 4.78 is 7.24. The highest BCUT2D eigenvalue weighted by molar-refractivity contribution is 5.98. The largest absolute Gasteiger partial charge is 0.496 e. The summed E-state index contributed by atoms with van der Waals surface area (Å²) in [6, 6.07) is 5.83. The average Bonchev–Trinajstić information content (AvgIpc) is 2.95. The molecule has 0 bridgehead atoms. The van der Waals surface area contributed by atoms with Crippen molar-refractivity contribution < 1.29 is 4.74 Å². The number of imidazole rings is 1. The first-order valence-electron chi connectivity index (χ1n) is 7.63. The van der Waals surface area contributed by atoms with Crippen LogP contribution in [-0.2, 0) is 7.05 Å². The Balaban J connectivity index is 0.000000891. The lowest BCUT2D eigenvalue weighted by atomic mass is 10.2. The minimum Gasteiger partial charge on any atom is -0.496 e. The molecule has 1 N–H and O–H groups in total. The van der Waals surface area contributed by atoms with Gasteiger partial charge in [0.1, 0.15) is 5.75 Å². The Labute approximate surface area is 144 Å². The van der Waals surface area contributed by atoms with Crippen LogP contribution in [0.4, 0.5) is 5.69 Å². The number of methoxy groups -OCH3 is 1. The topological polar surface area (TPSA) is 51.4 Å². The van der Waals surface area contributed by atoms with Crippen LogP contribution in [0, 0.1) is 6.92 Å². The Hall–Kier alpha value is -2.82. The number of hydrogen-bond donors (Lipinski definition) is 1. The highest BCUT2D eigenvalue weighted by atomic mass is 16.5. The van der Waals surface area contributed by atoms with Crippen LogP contribution in [0.25, 0.3) is 0 Å². The molecule has 0 amide bonds. The molecule has 0 fully saturated rings. The van der Waals surface area contributed by atoms with Gasteiger partial charge in [-0.3, -0.25) is 0 Å². The molecule has 1 aromatic carbocycles. The maximum absolute atomic E-state index is 5.33. The van der Waals surface area contributed by atoms with E-state index in [0.29, 0.717) is 5.84 Å². The van der Waals surface area contributed by atoms with Crippen LogP contribution >= 0.6 is 0 Å². The van der Waals surface area contributed by atoms with Gasteiger partial charge in [-0.1, -0.05) is 18.7 Å². The van der Waals surface area contributed by atoms with E-state index < -0.39 is 0 Å². The zero-order valence-electron chi connectivity index (χ0n) is 15.1. The van der Waals surface area contributed by atoms with Gasteiger partial charge in [-0.05, 0) is 32.4 Å². The number of amidine groups is 1. The van der Waals surface area contributed by atoms with Gasteiger partial charge in [-0.15, -0.1) is 6.58 Å². The maximum Gasteiger partial charge on any atom is 0.175 e. The molecular formula is C19H26N4O. The number of allylic oxidation sites excluding steroid dienone is 2. The Kier molecular flexibility index (Phi) is 7.49. The van der Waals surface area contributed by atoms with E-state index in [1.54, 1.807) is 19.4 Å². The molecule has 0 aliphatic carbocycles. The van der Waals surface area contributed by atoms with E-state index >= 15 is 0 Å². The molecule has 0 saturated carbocycles. The van der Waals surface area contributed by atoms with E-state index in [1.165, 1.54) is 0 Å². The summed E-state index contributed by atoms with van der Waals surface area (Å²) in [4.78, 5) is 8.96. The van der Waals surface area contributed by atoms with Gasteiger partial charge in [0.25, 0.3) is 0 Å². The SMILES string of the molecule is C=C(C)NC(=Nc1ccc(C)c(OC)c1)c1nccn1C.C=CC. The number of rotatable bonds is 4. The first-order valence-corrected chi connectivity index (χ1v) is 7.63. The highest BCUT2D eigenvalue weighted by Gasteiger charge is 2.10. The number of benzene rings is 1. The lowest BCUT2D eigenvalue weighted by molar-refractivity contribution is 0.412. The number of aliphatic imine (C=N–C) groups is 1. The zero-order chi connectivity index (χ0) is 18.1. The number of ether oxygens (including phenoxy) is 1. The lowest BCUT2D eigenvalue weighted by Gasteiger charge is -2.10. The molecule has 24 heavy (non-hydrogen) atoms. The number of aryl methyl sites for hydroxylation is 2. The van der Waals surface area contributed by atoms with Crippen molar-refractivity contribution >= 4 is 11.5 Å². The minimum absolute atomic E-state index is 0.654. The molecule has 5 nitrogen and oxygen atoms in total. The fourth-order valence-corrected chi connectivity index (χ4v) is 1.94.